The zero-order valence-corrected chi connectivity index (χ0v) is 13.0. The third-order valence-electron chi connectivity index (χ3n) is 4.46. The minimum Gasteiger partial charge on any atom is -0.381 e. The van der Waals surface area contributed by atoms with E-state index in [-0.39, 0.29) is 18.1 Å². The molecule has 1 amide bonds. The summed E-state index contributed by atoms with van der Waals surface area (Å²) in [5.41, 5.74) is 1.20. The number of methoxy groups -OCH3 is 1. The lowest BCUT2D eigenvalue weighted by Crippen LogP contribution is -2.50. The predicted octanol–water partition coefficient (Wildman–Crippen LogP) is 2.38. The maximum atomic E-state index is 12.7. The van der Waals surface area contributed by atoms with Gasteiger partial charge in [-0.15, -0.1) is 0 Å². The fourth-order valence-corrected chi connectivity index (χ4v) is 3.80. The van der Waals surface area contributed by atoms with E-state index in [0.717, 1.165) is 12.8 Å². The van der Waals surface area contributed by atoms with Crippen LogP contribution < -0.4 is 5.32 Å². The van der Waals surface area contributed by atoms with Crippen molar-refractivity contribution in [3.05, 3.63) is 22.4 Å². The first-order valence-electron chi connectivity index (χ1n) is 7.25. The molecule has 2 aliphatic rings. The quantitative estimate of drug-likeness (QED) is 0.927. The summed E-state index contributed by atoms with van der Waals surface area (Å²) in [7, 11) is 1.75. The van der Waals surface area contributed by atoms with Gasteiger partial charge in [-0.2, -0.15) is 11.3 Å². The fraction of sp³-hybridized carbons (Fsp3) is 0.667. The molecule has 5 heteroatoms. The molecule has 20 heavy (non-hydrogen) atoms. The van der Waals surface area contributed by atoms with Gasteiger partial charge in [-0.05, 0) is 41.1 Å². The van der Waals surface area contributed by atoms with Crippen molar-refractivity contribution in [1.29, 1.82) is 0 Å². The molecule has 0 bridgehead atoms. The third kappa shape index (κ3) is 2.28. The lowest BCUT2D eigenvalue weighted by atomic mass is 9.87. The number of amides is 1. The lowest BCUT2D eigenvalue weighted by Gasteiger charge is -2.42. The van der Waals surface area contributed by atoms with E-state index in [0.29, 0.717) is 18.1 Å². The average molecular weight is 294 g/mol. The Morgan fingerprint density at radius 2 is 2.20 bits per heavy atom. The molecule has 2 fully saturated rings. The van der Waals surface area contributed by atoms with Crippen molar-refractivity contribution in [3.63, 3.8) is 0 Å². The Morgan fingerprint density at radius 1 is 1.45 bits per heavy atom. The summed E-state index contributed by atoms with van der Waals surface area (Å²) in [5.74, 6) is 0.558. The highest BCUT2D eigenvalue weighted by atomic mass is 32.1. The van der Waals surface area contributed by atoms with Gasteiger partial charge in [0.05, 0.1) is 12.1 Å². The topological polar surface area (TPSA) is 41.6 Å². The van der Waals surface area contributed by atoms with Gasteiger partial charge in [-0.3, -0.25) is 10.1 Å². The van der Waals surface area contributed by atoms with Crippen LogP contribution in [0.15, 0.2) is 16.8 Å². The first kappa shape index (κ1) is 14.0. The van der Waals surface area contributed by atoms with E-state index >= 15 is 0 Å². The number of rotatable bonds is 4. The van der Waals surface area contributed by atoms with E-state index in [2.05, 4.69) is 40.9 Å². The van der Waals surface area contributed by atoms with Gasteiger partial charge in [0.15, 0.2) is 0 Å². The molecule has 1 aliphatic carbocycles. The summed E-state index contributed by atoms with van der Waals surface area (Å²) in [6, 6.07) is 2.35. The first-order chi connectivity index (χ1) is 9.61. The van der Waals surface area contributed by atoms with E-state index in [1.54, 1.807) is 18.4 Å². The van der Waals surface area contributed by atoms with Gasteiger partial charge >= 0.3 is 0 Å². The van der Waals surface area contributed by atoms with Crippen molar-refractivity contribution >= 4 is 17.2 Å². The van der Waals surface area contributed by atoms with Gasteiger partial charge in [-0.25, -0.2) is 0 Å². The molecule has 0 radical (unpaired) electrons. The van der Waals surface area contributed by atoms with Crippen LogP contribution in [0, 0.1) is 5.92 Å². The molecule has 0 spiro atoms. The Balaban J connectivity index is 1.81. The van der Waals surface area contributed by atoms with Crippen LogP contribution in [0.3, 0.4) is 0 Å². The van der Waals surface area contributed by atoms with Crippen LogP contribution in [0.25, 0.3) is 0 Å². The first-order valence-corrected chi connectivity index (χ1v) is 8.19. The molecule has 3 rings (SSSR count). The molecule has 1 saturated carbocycles. The molecule has 1 aromatic rings. The standard InChI is InChI=1S/C15H22N2O2S/c1-9(2)13-15(18)17(11-6-12(7-11)19-3)14(16-13)10-4-5-20-8-10/h4-5,8-9,11-14,16H,6-7H2,1-3H3. The minimum absolute atomic E-state index is 0.0314. The van der Waals surface area contributed by atoms with E-state index < -0.39 is 0 Å². The highest BCUT2D eigenvalue weighted by Gasteiger charge is 2.48. The number of nitrogens with zero attached hydrogens (tertiary/aromatic N) is 1. The zero-order valence-electron chi connectivity index (χ0n) is 12.2. The van der Waals surface area contributed by atoms with Crippen molar-refractivity contribution in [2.45, 2.75) is 51.0 Å². The Hall–Kier alpha value is -0.910. The van der Waals surface area contributed by atoms with Crippen molar-refractivity contribution in [2.24, 2.45) is 5.92 Å². The van der Waals surface area contributed by atoms with Crippen LogP contribution in [-0.4, -0.2) is 36.1 Å². The van der Waals surface area contributed by atoms with Crippen molar-refractivity contribution < 1.29 is 9.53 Å². The Bertz CT molecular complexity index is 468. The predicted molar refractivity (Wildman–Crippen MR) is 79.5 cm³/mol. The number of nitrogens with one attached hydrogen (secondary N) is 1. The van der Waals surface area contributed by atoms with Gasteiger partial charge < -0.3 is 9.64 Å². The number of ether oxygens (including phenoxy) is 1. The van der Waals surface area contributed by atoms with Crippen LogP contribution in [0.1, 0.15) is 38.4 Å². The summed E-state index contributed by atoms with van der Waals surface area (Å²) in [6.45, 7) is 4.20. The number of hydrogen-bond donors (Lipinski definition) is 1. The summed E-state index contributed by atoms with van der Waals surface area (Å²) < 4.78 is 5.36. The van der Waals surface area contributed by atoms with Crippen LogP contribution in [0.2, 0.25) is 0 Å². The van der Waals surface area contributed by atoms with Gasteiger partial charge in [0, 0.05) is 13.2 Å². The maximum absolute atomic E-state index is 12.7. The largest absolute Gasteiger partial charge is 0.381 e. The maximum Gasteiger partial charge on any atom is 0.241 e. The fourth-order valence-electron chi connectivity index (χ4n) is 3.12. The Labute approximate surface area is 124 Å². The summed E-state index contributed by atoms with van der Waals surface area (Å²) in [5, 5.41) is 7.72. The zero-order chi connectivity index (χ0) is 14.3. The van der Waals surface area contributed by atoms with E-state index in [9.17, 15) is 4.79 Å². The Morgan fingerprint density at radius 3 is 2.75 bits per heavy atom. The monoisotopic (exact) mass is 294 g/mol. The molecule has 1 saturated heterocycles. The second-order valence-electron chi connectivity index (χ2n) is 6.08. The van der Waals surface area contributed by atoms with Gasteiger partial charge in [-0.1, -0.05) is 13.8 Å². The van der Waals surface area contributed by atoms with Gasteiger partial charge in [0.1, 0.15) is 6.17 Å². The Kier molecular flexibility index (Phi) is 3.84. The lowest BCUT2D eigenvalue weighted by molar-refractivity contribution is -0.138. The summed E-state index contributed by atoms with van der Waals surface area (Å²) >= 11 is 1.68. The normalized spacial score (nSPS) is 33.8. The summed E-state index contributed by atoms with van der Waals surface area (Å²) in [6.07, 6.45) is 2.25. The van der Waals surface area contributed by atoms with Crippen molar-refractivity contribution in [3.8, 4) is 0 Å². The molecule has 2 heterocycles. The molecule has 2 unspecified atom stereocenters. The van der Waals surface area contributed by atoms with E-state index in [4.69, 9.17) is 4.74 Å². The average Bonchev–Trinajstić information content (AvgIpc) is 2.97. The molecule has 0 aromatic carbocycles. The number of hydrogen-bond acceptors (Lipinski definition) is 4. The highest BCUT2D eigenvalue weighted by molar-refractivity contribution is 7.07. The molecule has 1 N–H and O–H groups in total. The van der Waals surface area contributed by atoms with Crippen molar-refractivity contribution in [1.82, 2.24) is 10.2 Å². The molecule has 4 nitrogen and oxygen atoms in total. The summed E-state index contributed by atoms with van der Waals surface area (Å²) in [4.78, 5) is 14.8. The molecular weight excluding hydrogens is 272 g/mol. The molecule has 2 atom stereocenters. The van der Waals surface area contributed by atoms with Crippen LogP contribution >= 0.6 is 11.3 Å². The van der Waals surface area contributed by atoms with Crippen LogP contribution in [0.4, 0.5) is 0 Å². The second-order valence-corrected chi connectivity index (χ2v) is 6.86. The SMILES string of the molecule is COC1CC(N2C(=O)C(C(C)C)NC2c2ccsc2)C1. The van der Waals surface area contributed by atoms with Gasteiger partial charge in [0.25, 0.3) is 0 Å². The number of carbonyl (C=O) groups excluding carboxylic acids is 1. The number of carbonyl (C=O) groups is 1. The smallest absolute Gasteiger partial charge is 0.241 e. The van der Waals surface area contributed by atoms with Crippen LogP contribution in [-0.2, 0) is 9.53 Å². The third-order valence-corrected chi connectivity index (χ3v) is 5.16. The van der Waals surface area contributed by atoms with Gasteiger partial charge in [0.2, 0.25) is 5.91 Å². The second kappa shape index (κ2) is 5.47. The highest BCUT2D eigenvalue weighted by Crippen LogP contribution is 2.38. The molecule has 1 aliphatic heterocycles. The van der Waals surface area contributed by atoms with E-state index in [1.807, 2.05) is 0 Å². The molecular formula is C15H22N2O2S. The van der Waals surface area contributed by atoms with E-state index in [1.165, 1.54) is 5.56 Å². The number of thiophene rings is 1. The van der Waals surface area contributed by atoms with Crippen molar-refractivity contribution in [2.75, 3.05) is 7.11 Å². The minimum atomic E-state index is -0.0681. The molecule has 1 aromatic heterocycles. The molecule has 110 valence electrons. The van der Waals surface area contributed by atoms with Crippen LogP contribution in [0.5, 0.6) is 0 Å².